The van der Waals surface area contributed by atoms with Gasteiger partial charge in [0.05, 0.1) is 5.56 Å². The van der Waals surface area contributed by atoms with E-state index in [2.05, 4.69) is 15.9 Å². The number of alkyl halides is 3. The summed E-state index contributed by atoms with van der Waals surface area (Å²) in [5.74, 6) is 0. The molecule has 20 heavy (non-hydrogen) atoms. The lowest BCUT2D eigenvalue weighted by Crippen LogP contribution is -2.12. The van der Waals surface area contributed by atoms with Crippen LogP contribution in [-0.2, 0) is 6.18 Å². The molecule has 2 aromatic carbocycles. The average Bonchev–Trinajstić information content (AvgIpc) is 2.37. The van der Waals surface area contributed by atoms with Gasteiger partial charge >= 0.3 is 6.18 Å². The van der Waals surface area contributed by atoms with Crippen LogP contribution in [-0.4, -0.2) is 5.11 Å². The van der Waals surface area contributed by atoms with Gasteiger partial charge in [0.15, 0.2) is 0 Å². The normalized spacial score (nSPS) is 13.3. The van der Waals surface area contributed by atoms with Gasteiger partial charge in [0.2, 0.25) is 0 Å². The van der Waals surface area contributed by atoms with Crippen molar-refractivity contribution in [1.82, 2.24) is 0 Å². The summed E-state index contributed by atoms with van der Waals surface area (Å²) in [4.78, 5) is 0. The summed E-state index contributed by atoms with van der Waals surface area (Å²) in [7, 11) is 0. The van der Waals surface area contributed by atoms with Gasteiger partial charge in [0.1, 0.15) is 6.10 Å². The summed E-state index contributed by atoms with van der Waals surface area (Å²) in [5, 5.41) is 10.3. The first kappa shape index (κ1) is 15.1. The molecule has 0 fully saturated rings. The Balaban J connectivity index is 2.51. The number of aryl methyl sites for hydroxylation is 1. The van der Waals surface area contributed by atoms with Gasteiger partial charge in [-0.2, -0.15) is 13.2 Å². The van der Waals surface area contributed by atoms with Gasteiger partial charge < -0.3 is 5.11 Å². The maximum absolute atomic E-state index is 13.0. The molecule has 0 bridgehead atoms. The first-order valence-corrected chi connectivity index (χ1v) is 6.70. The number of hydrogen-bond donors (Lipinski definition) is 1. The monoisotopic (exact) mass is 344 g/mol. The molecule has 0 radical (unpaired) electrons. The molecule has 106 valence electrons. The zero-order valence-corrected chi connectivity index (χ0v) is 12.2. The van der Waals surface area contributed by atoms with Crippen molar-refractivity contribution >= 4 is 15.9 Å². The van der Waals surface area contributed by atoms with Crippen LogP contribution < -0.4 is 0 Å². The SMILES string of the molecule is Cc1ccc(C(O)c2ccccc2C(F)(F)F)c(Br)c1. The summed E-state index contributed by atoms with van der Waals surface area (Å²) in [6.45, 7) is 1.87. The van der Waals surface area contributed by atoms with Crippen LogP contribution in [0.25, 0.3) is 0 Å². The maximum atomic E-state index is 13.0. The quantitative estimate of drug-likeness (QED) is 0.824. The molecule has 0 aliphatic rings. The van der Waals surface area contributed by atoms with Crippen LogP contribution >= 0.6 is 15.9 Å². The third-order valence-corrected chi connectivity index (χ3v) is 3.70. The van der Waals surface area contributed by atoms with E-state index in [1.807, 2.05) is 6.92 Å². The predicted molar refractivity (Wildman–Crippen MR) is 74.4 cm³/mol. The third kappa shape index (κ3) is 3.04. The molecule has 2 rings (SSSR count). The highest BCUT2D eigenvalue weighted by Gasteiger charge is 2.35. The van der Waals surface area contributed by atoms with Gasteiger partial charge in [-0.25, -0.2) is 0 Å². The molecule has 0 spiro atoms. The maximum Gasteiger partial charge on any atom is 0.416 e. The standard InChI is InChI=1S/C15H12BrF3O/c1-9-6-7-11(13(16)8-9)14(20)10-4-2-3-5-12(10)15(17,18)19/h2-8,14,20H,1H3. The van der Waals surface area contributed by atoms with E-state index in [9.17, 15) is 18.3 Å². The van der Waals surface area contributed by atoms with Crippen molar-refractivity contribution < 1.29 is 18.3 Å². The van der Waals surface area contributed by atoms with Crippen LogP contribution in [0.2, 0.25) is 0 Å². The first-order valence-electron chi connectivity index (χ1n) is 5.91. The number of hydrogen-bond acceptors (Lipinski definition) is 1. The topological polar surface area (TPSA) is 20.2 Å². The molecule has 0 aliphatic heterocycles. The van der Waals surface area contributed by atoms with Crippen LogP contribution in [0.5, 0.6) is 0 Å². The minimum atomic E-state index is -4.49. The molecule has 1 atom stereocenters. The van der Waals surface area contributed by atoms with E-state index < -0.39 is 17.8 Å². The molecule has 1 unspecified atom stereocenters. The average molecular weight is 345 g/mol. The van der Waals surface area contributed by atoms with Crippen LogP contribution in [0.15, 0.2) is 46.9 Å². The molecule has 2 aromatic rings. The largest absolute Gasteiger partial charge is 0.416 e. The zero-order valence-electron chi connectivity index (χ0n) is 10.6. The Bertz CT molecular complexity index is 623. The van der Waals surface area contributed by atoms with Crippen LogP contribution in [0.3, 0.4) is 0 Å². The molecule has 0 saturated carbocycles. The second-order valence-electron chi connectivity index (χ2n) is 4.51. The summed E-state index contributed by atoms with van der Waals surface area (Å²) in [6, 6.07) is 10.2. The molecular formula is C15H12BrF3O. The van der Waals surface area contributed by atoms with Crippen molar-refractivity contribution in [3.8, 4) is 0 Å². The van der Waals surface area contributed by atoms with Crippen molar-refractivity contribution in [2.24, 2.45) is 0 Å². The van der Waals surface area contributed by atoms with E-state index in [1.165, 1.54) is 18.2 Å². The number of aliphatic hydroxyl groups is 1. The van der Waals surface area contributed by atoms with Crippen molar-refractivity contribution in [2.45, 2.75) is 19.2 Å². The van der Waals surface area contributed by atoms with E-state index in [1.54, 1.807) is 18.2 Å². The van der Waals surface area contributed by atoms with E-state index in [0.29, 0.717) is 10.0 Å². The number of benzene rings is 2. The Labute approximate surface area is 123 Å². The lowest BCUT2D eigenvalue weighted by Gasteiger charge is -2.19. The molecule has 0 heterocycles. The lowest BCUT2D eigenvalue weighted by molar-refractivity contribution is -0.139. The number of halogens is 4. The third-order valence-electron chi connectivity index (χ3n) is 3.01. The van der Waals surface area contributed by atoms with Gasteiger partial charge in [-0.05, 0) is 35.7 Å². The van der Waals surface area contributed by atoms with Gasteiger partial charge in [0.25, 0.3) is 0 Å². The van der Waals surface area contributed by atoms with Crippen molar-refractivity contribution in [3.05, 3.63) is 69.2 Å². The van der Waals surface area contributed by atoms with Crippen molar-refractivity contribution in [1.29, 1.82) is 0 Å². The fraction of sp³-hybridized carbons (Fsp3) is 0.200. The molecular weight excluding hydrogens is 333 g/mol. The summed E-state index contributed by atoms with van der Waals surface area (Å²) < 4.78 is 39.5. The second-order valence-corrected chi connectivity index (χ2v) is 5.37. The minimum Gasteiger partial charge on any atom is -0.384 e. The lowest BCUT2D eigenvalue weighted by atomic mass is 9.96. The van der Waals surface area contributed by atoms with Crippen molar-refractivity contribution in [3.63, 3.8) is 0 Å². The van der Waals surface area contributed by atoms with Crippen LogP contribution in [0, 0.1) is 6.92 Å². The minimum absolute atomic E-state index is 0.149. The smallest absolute Gasteiger partial charge is 0.384 e. The number of aliphatic hydroxyl groups excluding tert-OH is 1. The molecule has 0 saturated heterocycles. The van der Waals surface area contributed by atoms with Gasteiger partial charge in [0, 0.05) is 4.47 Å². The highest BCUT2D eigenvalue weighted by molar-refractivity contribution is 9.10. The molecule has 0 aromatic heterocycles. The first-order chi connectivity index (χ1) is 9.30. The molecule has 1 N–H and O–H groups in total. The molecule has 0 amide bonds. The van der Waals surface area contributed by atoms with Gasteiger partial charge in [-0.3, -0.25) is 0 Å². The highest BCUT2D eigenvalue weighted by atomic mass is 79.9. The van der Waals surface area contributed by atoms with Crippen molar-refractivity contribution in [2.75, 3.05) is 0 Å². The molecule has 0 aliphatic carbocycles. The fourth-order valence-electron chi connectivity index (χ4n) is 2.02. The Morgan fingerprint density at radius 1 is 1.05 bits per heavy atom. The molecule has 1 nitrogen and oxygen atoms in total. The van der Waals surface area contributed by atoms with Gasteiger partial charge in [-0.1, -0.05) is 46.3 Å². The van der Waals surface area contributed by atoms with Crippen LogP contribution in [0.1, 0.15) is 28.4 Å². The Hall–Kier alpha value is -1.33. The van der Waals surface area contributed by atoms with E-state index in [-0.39, 0.29) is 5.56 Å². The van der Waals surface area contributed by atoms with E-state index >= 15 is 0 Å². The summed E-state index contributed by atoms with van der Waals surface area (Å²) >= 11 is 3.28. The number of rotatable bonds is 2. The summed E-state index contributed by atoms with van der Waals surface area (Å²) in [6.07, 6.45) is -5.82. The Morgan fingerprint density at radius 3 is 2.30 bits per heavy atom. The fourth-order valence-corrected chi connectivity index (χ4v) is 2.73. The highest BCUT2D eigenvalue weighted by Crippen LogP contribution is 2.38. The Morgan fingerprint density at radius 2 is 1.70 bits per heavy atom. The Kier molecular flexibility index (Phi) is 4.20. The predicted octanol–water partition coefficient (Wildman–Crippen LogP) is 4.86. The second kappa shape index (κ2) is 5.58. The van der Waals surface area contributed by atoms with E-state index in [0.717, 1.165) is 11.6 Å². The van der Waals surface area contributed by atoms with Gasteiger partial charge in [-0.15, -0.1) is 0 Å². The summed E-state index contributed by atoms with van der Waals surface area (Å²) in [5.41, 5.74) is 0.397. The molecule has 5 heteroatoms. The van der Waals surface area contributed by atoms with E-state index in [4.69, 9.17) is 0 Å². The van der Waals surface area contributed by atoms with Crippen LogP contribution in [0.4, 0.5) is 13.2 Å². The zero-order chi connectivity index (χ0) is 14.9.